The summed E-state index contributed by atoms with van der Waals surface area (Å²) in [5.74, 6) is -2.41. The smallest absolute Gasteiger partial charge is 0.418 e. The molecule has 1 saturated heterocycles. The molecule has 1 heterocycles. The normalized spacial score (nSPS) is 22.7. The number of fused-ring (bicyclic) bond motifs is 3. The fourth-order valence-electron chi connectivity index (χ4n) is 5.17. The number of ether oxygens (including phenoxy) is 1. The van der Waals surface area contributed by atoms with Crippen LogP contribution in [0, 0.1) is 5.82 Å². The minimum atomic E-state index is -4.76. The maximum Gasteiger partial charge on any atom is 0.418 e. The highest BCUT2D eigenvalue weighted by Gasteiger charge is 2.67. The van der Waals surface area contributed by atoms with Crippen LogP contribution in [0.3, 0.4) is 0 Å². The lowest BCUT2D eigenvalue weighted by molar-refractivity contribution is -0.187. The average molecular weight is 569 g/mol. The highest BCUT2D eigenvalue weighted by Crippen LogP contribution is 2.64. The van der Waals surface area contributed by atoms with Gasteiger partial charge in [-0.05, 0) is 55.2 Å². The van der Waals surface area contributed by atoms with E-state index in [1.165, 1.54) is 12.1 Å². The molecule has 0 N–H and O–H groups in total. The van der Waals surface area contributed by atoms with Gasteiger partial charge in [-0.15, -0.1) is 0 Å². The van der Waals surface area contributed by atoms with Crippen LogP contribution >= 0.6 is 15.9 Å². The van der Waals surface area contributed by atoms with Crippen molar-refractivity contribution in [2.45, 2.75) is 56.0 Å². The monoisotopic (exact) mass is 568 g/mol. The predicted octanol–water partition coefficient (Wildman–Crippen LogP) is 5.18. The van der Waals surface area contributed by atoms with Crippen molar-refractivity contribution in [3.05, 3.63) is 69.4 Å². The average Bonchev–Trinajstić information content (AvgIpc) is 3.49. The molecule has 1 aliphatic heterocycles. The van der Waals surface area contributed by atoms with E-state index >= 15 is 0 Å². The highest BCUT2D eigenvalue weighted by molar-refractivity contribution is 9.10. The summed E-state index contributed by atoms with van der Waals surface area (Å²) in [6, 6.07) is 7.80. The zero-order chi connectivity index (χ0) is 26.0. The van der Waals surface area contributed by atoms with E-state index in [1.54, 1.807) is 12.1 Å². The van der Waals surface area contributed by atoms with Gasteiger partial charge in [0.1, 0.15) is 18.4 Å². The number of alkyl halides is 3. The molecule has 2 aromatic rings. The van der Waals surface area contributed by atoms with E-state index in [0.29, 0.717) is 15.4 Å². The van der Waals surface area contributed by atoms with Gasteiger partial charge in [-0.3, -0.25) is 9.59 Å². The van der Waals surface area contributed by atoms with Crippen LogP contribution < -0.4 is 0 Å². The number of amides is 3. The quantitative estimate of drug-likeness (QED) is 0.466. The summed E-state index contributed by atoms with van der Waals surface area (Å²) in [6.45, 7) is -0.573. The largest absolute Gasteiger partial charge is 0.427 e. The first-order valence-electron chi connectivity index (χ1n) is 11.3. The third-order valence-corrected chi connectivity index (χ3v) is 7.82. The second-order valence-corrected chi connectivity index (χ2v) is 10.5. The number of carbonyl (C=O) groups is 3. The third kappa shape index (κ3) is 3.97. The summed E-state index contributed by atoms with van der Waals surface area (Å²) >= 11 is 3.42. The van der Waals surface area contributed by atoms with Crippen LogP contribution in [0.2, 0.25) is 0 Å². The van der Waals surface area contributed by atoms with Gasteiger partial charge in [-0.2, -0.15) is 13.2 Å². The van der Waals surface area contributed by atoms with Gasteiger partial charge in [-0.1, -0.05) is 34.1 Å². The molecule has 36 heavy (non-hydrogen) atoms. The van der Waals surface area contributed by atoms with E-state index < -0.39 is 54.6 Å². The predicted molar refractivity (Wildman–Crippen MR) is 122 cm³/mol. The van der Waals surface area contributed by atoms with Gasteiger partial charge in [0.2, 0.25) is 11.5 Å². The summed E-state index contributed by atoms with van der Waals surface area (Å²) in [7, 11) is 0. The molecule has 3 aliphatic rings. The molecule has 0 bridgehead atoms. The van der Waals surface area contributed by atoms with E-state index in [9.17, 15) is 31.9 Å². The van der Waals surface area contributed by atoms with E-state index in [0.717, 1.165) is 41.9 Å². The fraction of sp³-hybridized carbons (Fsp3) is 0.400. The van der Waals surface area contributed by atoms with Crippen molar-refractivity contribution in [3.63, 3.8) is 0 Å². The Labute approximate surface area is 212 Å². The summed E-state index contributed by atoms with van der Waals surface area (Å²) < 4.78 is 60.5. The standard InChI is InChI=1S/C25H21BrF4N2O4/c1-14(25(28,29)30)31(11-15-2-5-17(27)6-3-15)20(33)12-32-21(34)24(36-22(32)35)13-23(8-9-23)19-10-16(26)4-7-18(19)24/h2-7,10,14H,8-9,11-13H2,1H3/t14-,24?/m0/s1. The van der Waals surface area contributed by atoms with Gasteiger partial charge < -0.3 is 9.64 Å². The molecule has 2 atom stereocenters. The van der Waals surface area contributed by atoms with Crippen LogP contribution in [0.1, 0.15) is 42.9 Å². The van der Waals surface area contributed by atoms with Gasteiger partial charge in [0.15, 0.2) is 0 Å². The Kier molecular flexibility index (Phi) is 5.70. The van der Waals surface area contributed by atoms with Crippen LogP contribution in [0.15, 0.2) is 46.9 Å². The molecule has 190 valence electrons. The molecule has 1 unspecified atom stereocenters. The molecule has 1 saturated carbocycles. The second kappa shape index (κ2) is 8.29. The number of rotatable bonds is 5. The van der Waals surface area contributed by atoms with Crippen molar-refractivity contribution in [2.75, 3.05) is 6.54 Å². The highest BCUT2D eigenvalue weighted by atomic mass is 79.9. The molecule has 2 fully saturated rings. The molecule has 6 nitrogen and oxygen atoms in total. The first-order valence-corrected chi connectivity index (χ1v) is 12.1. The SMILES string of the molecule is C[C@H](N(Cc1ccc(F)cc1)C(=O)CN1C(=O)OC2(CC3(CC3)c3cc(Br)ccc32)C1=O)C(F)(F)F. The summed E-state index contributed by atoms with van der Waals surface area (Å²) in [5.41, 5.74) is -0.188. The number of nitrogens with zero attached hydrogens (tertiary/aromatic N) is 2. The number of carbonyl (C=O) groups excluding carboxylic acids is 3. The van der Waals surface area contributed by atoms with Crippen LogP contribution in [0.4, 0.5) is 22.4 Å². The fourth-order valence-corrected chi connectivity index (χ4v) is 5.53. The maximum atomic E-state index is 13.6. The number of hydrogen-bond donors (Lipinski definition) is 0. The Morgan fingerprint density at radius 2 is 1.81 bits per heavy atom. The molecule has 0 radical (unpaired) electrons. The first kappa shape index (κ1) is 24.7. The van der Waals surface area contributed by atoms with Gasteiger partial charge in [0, 0.05) is 28.4 Å². The number of halogens is 5. The van der Waals surface area contributed by atoms with Crippen molar-refractivity contribution >= 4 is 33.8 Å². The molecule has 2 aromatic carbocycles. The van der Waals surface area contributed by atoms with Gasteiger partial charge in [0.05, 0.1) is 0 Å². The lowest BCUT2D eigenvalue weighted by Crippen LogP contribution is -2.51. The van der Waals surface area contributed by atoms with Crippen molar-refractivity contribution < 1.29 is 36.7 Å². The van der Waals surface area contributed by atoms with Gasteiger partial charge in [-0.25, -0.2) is 14.1 Å². The summed E-state index contributed by atoms with van der Waals surface area (Å²) in [6.07, 6.45) is -3.96. The molecular weight excluding hydrogens is 548 g/mol. The van der Waals surface area contributed by atoms with E-state index in [4.69, 9.17) is 4.74 Å². The third-order valence-electron chi connectivity index (χ3n) is 7.32. The van der Waals surface area contributed by atoms with E-state index in [-0.39, 0.29) is 17.4 Å². The minimum absolute atomic E-state index is 0.235. The van der Waals surface area contributed by atoms with Crippen molar-refractivity contribution in [3.8, 4) is 0 Å². The van der Waals surface area contributed by atoms with Crippen LogP contribution in [0.5, 0.6) is 0 Å². The Morgan fingerprint density at radius 1 is 1.14 bits per heavy atom. The minimum Gasteiger partial charge on any atom is -0.427 e. The number of benzene rings is 2. The lowest BCUT2D eigenvalue weighted by atomic mass is 9.94. The Hall–Kier alpha value is -2.95. The van der Waals surface area contributed by atoms with Gasteiger partial charge >= 0.3 is 12.3 Å². The number of imide groups is 1. The van der Waals surface area contributed by atoms with Crippen LogP contribution in [-0.4, -0.2) is 46.5 Å². The maximum absolute atomic E-state index is 13.6. The molecule has 0 aromatic heterocycles. The lowest BCUT2D eigenvalue weighted by Gasteiger charge is -2.31. The summed E-state index contributed by atoms with van der Waals surface area (Å²) in [5, 5.41) is 0. The molecule has 2 spiro atoms. The molecule has 11 heteroatoms. The molecule has 2 aliphatic carbocycles. The number of hydrogen-bond acceptors (Lipinski definition) is 4. The van der Waals surface area contributed by atoms with E-state index in [2.05, 4.69) is 15.9 Å². The van der Waals surface area contributed by atoms with Crippen molar-refractivity contribution in [1.29, 1.82) is 0 Å². The molecule has 3 amide bonds. The Bertz CT molecular complexity index is 1260. The zero-order valence-electron chi connectivity index (χ0n) is 19.1. The second-order valence-electron chi connectivity index (χ2n) is 9.60. The van der Waals surface area contributed by atoms with Crippen molar-refractivity contribution in [2.24, 2.45) is 0 Å². The zero-order valence-corrected chi connectivity index (χ0v) is 20.7. The van der Waals surface area contributed by atoms with Crippen LogP contribution in [0.25, 0.3) is 0 Å². The van der Waals surface area contributed by atoms with Crippen molar-refractivity contribution in [1.82, 2.24) is 9.80 Å². The Balaban J connectivity index is 1.42. The molecular formula is C25H21BrF4N2O4. The first-order chi connectivity index (χ1) is 16.9. The van der Waals surface area contributed by atoms with Gasteiger partial charge in [0.25, 0.3) is 5.91 Å². The summed E-state index contributed by atoms with van der Waals surface area (Å²) in [4.78, 5) is 40.6. The van der Waals surface area contributed by atoms with Crippen LogP contribution in [-0.2, 0) is 31.9 Å². The Morgan fingerprint density at radius 3 is 2.42 bits per heavy atom. The molecule has 5 rings (SSSR count). The van der Waals surface area contributed by atoms with E-state index in [1.807, 2.05) is 6.07 Å². The topological polar surface area (TPSA) is 66.9 Å².